The maximum absolute atomic E-state index is 5.49. The molecule has 0 aliphatic heterocycles. The standard InChI is InChI=1S/C8H18N2/c1-7(2)10-6-4-5-8(3)9/h4-5,7-8,10H,6,9H2,1-3H3. The first kappa shape index (κ1) is 9.66. The highest BCUT2D eigenvalue weighted by Crippen LogP contribution is 1.79. The third kappa shape index (κ3) is 7.66. The first-order chi connectivity index (χ1) is 4.63. The van der Waals surface area contributed by atoms with E-state index in [2.05, 4.69) is 25.2 Å². The van der Waals surface area contributed by atoms with Crippen molar-refractivity contribution in [2.45, 2.75) is 32.9 Å². The van der Waals surface area contributed by atoms with Crippen molar-refractivity contribution in [1.82, 2.24) is 5.32 Å². The van der Waals surface area contributed by atoms with Crippen molar-refractivity contribution in [1.29, 1.82) is 0 Å². The first-order valence-electron chi connectivity index (χ1n) is 3.78. The van der Waals surface area contributed by atoms with Crippen molar-refractivity contribution in [3.8, 4) is 0 Å². The third-order valence-electron chi connectivity index (χ3n) is 1.08. The molecule has 10 heavy (non-hydrogen) atoms. The monoisotopic (exact) mass is 142 g/mol. The van der Waals surface area contributed by atoms with Gasteiger partial charge in [0.1, 0.15) is 0 Å². The number of nitrogens with two attached hydrogens (primary N) is 1. The summed E-state index contributed by atoms with van der Waals surface area (Å²) in [5.41, 5.74) is 5.49. The summed E-state index contributed by atoms with van der Waals surface area (Å²) in [5, 5.41) is 3.26. The van der Waals surface area contributed by atoms with Crippen LogP contribution >= 0.6 is 0 Å². The molecule has 0 saturated heterocycles. The second-order valence-corrected chi connectivity index (χ2v) is 2.85. The second kappa shape index (κ2) is 5.45. The van der Waals surface area contributed by atoms with E-state index in [1.807, 2.05) is 13.0 Å². The van der Waals surface area contributed by atoms with Crippen LogP contribution in [0.25, 0.3) is 0 Å². The van der Waals surface area contributed by atoms with Crippen LogP contribution in [0.1, 0.15) is 20.8 Å². The van der Waals surface area contributed by atoms with E-state index in [1.165, 1.54) is 0 Å². The molecule has 0 saturated carbocycles. The molecular weight excluding hydrogens is 124 g/mol. The van der Waals surface area contributed by atoms with E-state index in [9.17, 15) is 0 Å². The lowest BCUT2D eigenvalue weighted by atomic mass is 10.3. The van der Waals surface area contributed by atoms with Gasteiger partial charge in [-0.15, -0.1) is 0 Å². The first-order valence-corrected chi connectivity index (χ1v) is 3.78. The Balaban J connectivity index is 3.19. The average Bonchev–Trinajstić information content (AvgIpc) is 1.79. The summed E-state index contributed by atoms with van der Waals surface area (Å²) in [6.07, 6.45) is 4.06. The molecule has 1 unspecified atom stereocenters. The van der Waals surface area contributed by atoms with Crippen LogP contribution < -0.4 is 11.1 Å². The van der Waals surface area contributed by atoms with Gasteiger partial charge in [-0.1, -0.05) is 26.0 Å². The summed E-state index contributed by atoms with van der Waals surface area (Å²) in [6.45, 7) is 7.13. The van der Waals surface area contributed by atoms with Crippen molar-refractivity contribution in [3.05, 3.63) is 12.2 Å². The fraction of sp³-hybridized carbons (Fsp3) is 0.750. The lowest BCUT2D eigenvalue weighted by molar-refractivity contribution is 0.631. The number of hydrogen-bond acceptors (Lipinski definition) is 2. The van der Waals surface area contributed by atoms with Crippen molar-refractivity contribution >= 4 is 0 Å². The highest BCUT2D eigenvalue weighted by molar-refractivity contribution is 4.90. The molecule has 0 rings (SSSR count). The van der Waals surface area contributed by atoms with E-state index in [1.54, 1.807) is 0 Å². The fourth-order valence-corrected chi connectivity index (χ4v) is 0.586. The van der Waals surface area contributed by atoms with Gasteiger partial charge in [-0.3, -0.25) is 0 Å². The molecule has 0 heterocycles. The summed E-state index contributed by atoms with van der Waals surface area (Å²) < 4.78 is 0. The van der Waals surface area contributed by atoms with Crippen LogP contribution in [-0.2, 0) is 0 Å². The molecule has 0 aromatic heterocycles. The molecule has 1 atom stereocenters. The summed E-state index contributed by atoms with van der Waals surface area (Å²) in [6, 6.07) is 0.728. The van der Waals surface area contributed by atoms with Crippen LogP contribution in [0.3, 0.4) is 0 Å². The summed E-state index contributed by atoms with van der Waals surface area (Å²) in [4.78, 5) is 0. The zero-order valence-electron chi connectivity index (χ0n) is 7.09. The molecule has 60 valence electrons. The van der Waals surface area contributed by atoms with Gasteiger partial charge in [-0.25, -0.2) is 0 Å². The maximum Gasteiger partial charge on any atom is 0.0195 e. The van der Waals surface area contributed by atoms with E-state index in [4.69, 9.17) is 5.73 Å². The Morgan fingerprint density at radius 2 is 2.00 bits per heavy atom. The van der Waals surface area contributed by atoms with Crippen molar-refractivity contribution in [3.63, 3.8) is 0 Å². The van der Waals surface area contributed by atoms with Crippen molar-refractivity contribution in [2.75, 3.05) is 6.54 Å². The molecule has 3 N–H and O–H groups in total. The lowest BCUT2D eigenvalue weighted by Crippen LogP contribution is -2.22. The summed E-state index contributed by atoms with van der Waals surface area (Å²) >= 11 is 0. The molecule has 0 aromatic carbocycles. The highest BCUT2D eigenvalue weighted by Gasteiger charge is 1.87. The Kier molecular flexibility index (Phi) is 5.26. The molecule has 2 nitrogen and oxygen atoms in total. The van der Waals surface area contributed by atoms with Gasteiger partial charge < -0.3 is 11.1 Å². The Labute approximate surface area is 63.5 Å². The molecule has 0 aromatic rings. The van der Waals surface area contributed by atoms with E-state index < -0.39 is 0 Å². The van der Waals surface area contributed by atoms with Crippen LogP contribution in [0.5, 0.6) is 0 Å². The average molecular weight is 142 g/mol. The zero-order valence-corrected chi connectivity index (χ0v) is 7.09. The minimum atomic E-state index is 0.175. The molecule has 0 aliphatic rings. The normalized spacial score (nSPS) is 14.9. The van der Waals surface area contributed by atoms with Gasteiger partial charge in [0, 0.05) is 18.6 Å². The van der Waals surface area contributed by atoms with Gasteiger partial charge in [-0.2, -0.15) is 0 Å². The Morgan fingerprint density at radius 1 is 1.40 bits per heavy atom. The van der Waals surface area contributed by atoms with Crippen molar-refractivity contribution < 1.29 is 0 Å². The SMILES string of the molecule is CC(N)C=CCNC(C)C. The Morgan fingerprint density at radius 3 is 2.40 bits per heavy atom. The predicted octanol–water partition coefficient (Wildman–Crippen LogP) is 0.888. The van der Waals surface area contributed by atoms with Crippen LogP contribution in [0.2, 0.25) is 0 Å². The molecule has 0 spiro atoms. The van der Waals surface area contributed by atoms with E-state index >= 15 is 0 Å². The van der Waals surface area contributed by atoms with Crippen LogP contribution in [0.15, 0.2) is 12.2 Å². The zero-order chi connectivity index (χ0) is 7.98. The number of rotatable bonds is 4. The summed E-state index contributed by atoms with van der Waals surface area (Å²) in [5.74, 6) is 0. The lowest BCUT2D eigenvalue weighted by Gasteiger charge is -2.03. The van der Waals surface area contributed by atoms with Crippen molar-refractivity contribution in [2.24, 2.45) is 5.73 Å². The van der Waals surface area contributed by atoms with Crippen LogP contribution in [0.4, 0.5) is 0 Å². The largest absolute Gasteiger partial charge is 0.325 e. The van der Waals surface area contributed by atoms with Gasteiger partial charge in [0.25, 0.3) is 0 Å². The maximum atomic E-state index is 5.49. The van der Waals surface area contributed by atoms with Crippen LogP contribution in [0, 0.1) is 0 Å². The molecule has 0 bridgehead atoms. The third-order valence-corrected chi connectivity index (χ3v) is 1.08. The van der Waals surface area contributed by atoms with Crippen LogP contribution in [-0.4, -0.2) is 18.6 Å². The topological polar surface area (TPSA) is 38.0 Å². The fourth-order valence-electron chi connectivity index (χ4n) is 0.586. The summed E-state index contributed by atoms with van der Waals surface area (Å²) in [7, 11) is 0. The molecule has 0 radical (unpaired) electrons. The minimum Gasteiger partial charge on any atom is -0.325 e. The molecule has 0 aliphatic carbocycles. The number of hydrogen-bond donors (Lipinski definition) is 2. The van der Waals surface area contributed by atoms with Gasteiger partial charge in [0.2, 0.25) is 0 Å². The Bertz CT molecular complexity index is 95.4. The van der Waals surface area contributed by atoms with E-state index in [0.717, 1.165) is 6.54 Å². The van der Waals surface area contributed by atoms with Gasteiger partial charge in [-0.05, 0) is 6.92 Å². The minimum absolute atomic E-state index is 0.175. The predicted molar refractivity (Wildman–Crippen MR) is 45.9 cm³/mol. The molecular formula is C8H18N2. The van der Waals surface area contributed by atoms with E-state index in [0.29, 0.717) is 6.04 Å². The quantitative estimate of drug-likeness (QED) is 0.572. The smallest absolute Gasteiger partial charge is 0.0195 e. The van der Waals surface area contributed by atoms with E-state index in [-0.39, 0.29) is 6.04 Å². The van der Waals surface area contributed by atoms with Gasteiger partial charge in [0.05, 0.1) is 0 Å². The molecule has 0 amide bonds. The highest BCUT2D eigenvalue weighted by atomic mass is 14.9. The molecule has 0 fully saturated rings. The number of nitrogens with one attached hydrogen (secondary N) is 1. The second-order valence-electron chi connectivity index (χ2n) is 2.85. The molecule has 2 heteroatoms. The Hall–Kier alpha value is -0.340. The van der Waals surface area contributed by atoms with Gasteiger partial charge >= 0.3 is 0 Å². The van der Waals surface area contributed by atoms with Gasteiger partial charge in [0.15, 0.2) is 0 Å².